The lowest BCUT2D eigenvalue weighted by atomic mass is 9.84. The second-order valence-electron chi connectivity index (χ2n) is 4.38. The molecule has 0 aromatic carbocycles. The fourth-order valence-electron chi connectivity index (χ4n) is 3.09. The highest BCUT2D eigenvalue weighted by Gasteiger charge is 2.50. The van der Waals surface area contributed by atoms with Crippen LogP contribution in [0.25, 0.3) is 0 Å². The lowest BCUT2D eigenvalue weighted by Gasteiger charge is -2.28. The van der Waals surface area contributed by atoms with Gasteiger partial charge in [-0.2, -0.15) is 0 Å². The monoisotopic (exact) mass is 188 g/mol. The van der Waals surface area contributed by atoms with E-state index in [0.717, 1.165) is 5.92 Å². The molecule has 0 spiro atoms. The first-order valence-corrected chi connectivity index (χ1v) is 5.49. The summed E-state index contributed by atoms with van der Waals surface area (Å²) in [6.45, 7) is 2.23. The lowest BCUT2D eigenvalue weighted by Crippen LogP contribution is -2.32. The number of fused-ring (bicyclic) bond motifs is 2. The quantitative estimate of drug-likeness (QED) is 0.660. The summed E-state index contributed by atoms with van der Waals surface area (Å²) < 4.78 is 0. The maximum absolute atomic E-state index is 9.64. The van der Waals surface area contributed by atoms with E-state index < -0.39 is 0 Å². The zero-order chi connectivity index (χ0) is 8.72. The molecule has 0 radical (unpaired) electrons. The van der Waals surface area contributed by atoms with Gasteiger partial charge in [0.1, 0.15) is 0 Å². The Kier molecular flexibility index (Phi) is 2.35. The Labute approximate surface area is 79.1 Å². The Morgan fingerprint density at radius 1 is 1.42 bits per heavy atom. The number of aliphatic hydroxyl groups excluding tert-OH is 1. The fraction of sp³-hybridized carbons (Fsp3) is 1.00. The van der Waals surface area contributed by atoms with E-state index >= 15 is 0 Å². The van der Waals surface area contributed by atoms with Crippen molar-refractivity contribution in [2.75, 3.05) is 0 Å². The topological polar surface area (TPSA) is 20.2 Å². The van der Waals surface area contributed by atoms with Gasteiger partial charge in [-0.15, -0.1) is 11.6 Å². The van der Waals surface area contributed by atoms with Crippen molar-refractivity contribution >= 4 is 11.6 Å². The number of aliphatic hydroxyl groups is 1. The molecule has 2 rings (SSSR count). The van der Waals surface area contributed by atoms with Crippen molar-refractivity contribution in [1.82, 2.24) is 0 Å². The van der Waals surface area contributed by atoms with Gasteiger partial charge in [0.05, 0.1) is 11.5 Å². The normalized spacial score (nSPS) is 51.8. The first-order chi connectivity index (χ1) is 5.74. The SMILES string of the molecule is CCC[C@H]1C[C@@H]2C[C@H]1[C@H](Cl)[C@@H]2O. The van der Waals surface area contributed by atoms with Crippen molar-refractivity contribution in [1.29, 1.82) is 0 Å². The fourth-order valence-corrected chi connectivity index (χ4v) is 3.60. The van der Waals surface area contributed by atoms with Crippen LogP contribution in [0, 0.1) is 17.8 Å². The molecule has 0 heterocycles. The second-order valence-corrected chi connectivity index (χ2v) is 4.88. The van der Waals surface area contributed by atoms with E-state index in [1.165, 1.54) is 25.7 Å². The molecule has 0 amide bonds. The largest absolute Gasteiger partial charge is 0.391 e. The van der Waals surface area contributed by atoms with Crippen LogP contribution in [-0.4, -0.2) is 16.6 Å². The molecule has 1 nitrogen and oxygen atoms in total. The molecular weight excluding hydrogens is 172 g/mol. The third-order valence-electron chi connectivity index (χ3n) is 3.66. The lowest BCUT2D eigenvalue weighted by molar-refractivity contribution is 0.0971. The zero-order valence-electron chi connectivity index (χ0n) is 7.54. The maximum atomic E-state index is 9.64. The Morgan fingerprint density at radius 3 is 2.67 bits per heavy atom. The van der Waals surface area contributed by atoms with Crippen LogP contribution in [0.5, 0.6) is 0 Å². The zero-order valence-corrected chi connectivity index (χ0v) is 8.30. The molecule has 2 bridgehead atoms. The molecule has 0 saturated heterocycles. The minimum atomic E-state index is -0.204. The van der Waals surface area contributed by atoms with Crippen LogP contribution in [0.2, 0.25) is 0 Å². The van der Waals surface area contributed by atoms with E-state index in [9.17, 15) is 5.11 Å². The highest BCUT2D eigenvalue weighted by atomic mass is 35.5. The third-order valence-corrected chi connectivity index (χ3v) is 4.25. The van der Waals surface area contributed by atoms with Gasteiger partial charge in [0, 0.05) is 0 Å². The molecule has 2 heteroatoms. The van der Waals surface area contributed by atoms with Gasteiger partial charge in [-0.1, -0.05) is 19.8 Å². The first kappa shape index (κ1) is 8.83. The molecule has 2 aliphatic carbocycles. The Balaban J connectivity index is 2.00. The molecule has 12 heavy (non-hydrogen) atoms. The van der Waals surface area contributed by atoms with Gasteiger partial charge in [0.15, 0.2) is 0 Å². The summed E-state index contributed by atoms with van der Waals surface area (Å²) in [6, 6.07) is 0. The van der Waals surface area contributed by atoms with Gasteiger partial charge < -0.3 is 5.11 Å². The van der Waals surface area contributed by atoms with Crippen molar-refractivity contribution in [2.24, 2.45) is 17.8 Å². The average molecular weight is 189 g/mol. The molecule has 1 N–H and O–H groups in total. The maximum Gasteiger partial charge on any atom is 0.0734 e. The number of halogens is 1. The minimum absolute atomic E-state index is 0.0558. The summed E-state index contributed by atoms with van der Waals surface area (Å²) in [6.07, 6.45) is 4.76. The van der Waals surface area contributed by atoms with E-state index in [4.69, 9.17) is 11.6 Å². The standard InChI is InChI=1S/C10H17ClO/c1-2-3-6-4-7-5-8(6)9(11)10(7)12/h6-10,12H,2-5H2,1H3/t6-,7+,8+,9-,10+/m0/s1. The third kappa shape index (κ3) is 1.18. The van der Waals surface area contributed by atoms with Crippen molar-refractivity contribution in [3.05, 3.63) is 0 Å². The molecule has 0 aromatic rings. The summed E-state index contributed by atoms with van der Waals surface area (Å²) in [5.74, 6) is 1.95. The van der Waals surface area contributed by atoms with Crippen LogP contribution in [0.15, 0.2) is 0 Å². The number of alkyl halides is 1. The summed E-state index contributed by atoms with van der Waals surface area (Å²) >= 11 is 6.14. The molecule has 0 aromatic heterocycles. The van der Waals surface area contributed by atoms with Crippen molar-refractivity contribution in [3.8, 4) is 0 Å². The van der Waals surface area contributed by atoms with Gasteiger partial charge in [-0.05, 0) is 30.6 Å². The average Bonchev–Trinajstić information content (AvgIpc) is 2.55. The van der Waals surface area contributed by atoms with Gasteiger partial charge in [-0.3, -0.25) is 0 Å². The summed E-state index contributed by atoms with van der Waals surface area (Å²) in [7, 11) is 0. The van der Waals surface area contributed by atoms with E-state index in [2.05, 4.69) is 6.92 Å². The minimum Gasteiger partial charge on any atom is -0.391 e. The number of rotatable bonds is 2. The van der Waals surface area contributed by atoms with Gasteiger partial charge >= 0.3 is 0 Å². The van der Waals surface area contributed by atoms with E-state index in [-0.39, 0.29) is 11.5 Å². The molecule has 2 saturated carbocycles. The number of hydrogen-bond donors (Lipinski definition) is 1. The summed E-state index contributed by atoms with van der Waals surface area (Å²) in [5, 5.41) is 9.70. The molecule has 2 fully saturated rings. The van der Waals surface area contributed by atoms with Crippen LogP contribution in [-0.2, 0) is 0 Å². The Bertz CT molecular complexity index is 169. The second kappa shape index (κ2) is 3.19. The summed E-state index contributed by atoms with van der Waals surface area (Å²) in [4.78, 5) is 0. The molecule has 0 unspecified atom stereocenters. The van der Waals surface area contributed by atoms with Crippen molar-refractivity contribution in [2.45, 2.75) is 44.1 Å². The smallest absolute Gasteiger partial charge is 0.0734 e. The van der Waals surface area contributed by atoms with E-state index in [1.54, 1.807) is 0 Å². The first-order valence-electron chi connectivity index (χ1n) is 5.06. The van der Waals surface area contributed by atoms with E-state index in [0.29, 0.717) is 11.8 Å². The van der Waals surface area contributed by atoms with Crippen molar-refractivity contribution in [3.63, 3.8) is 0 Å². The van der Waals surface area contributed by atoms with Crippen LogP contribution < -0.4 is 0 Å². The van der Waals surface area contributed by atoms with Gasteiger partial charge in [0.25, 0.3) is 0 Å². The molecule has 70 valence electrons. The Morgan fingerprint density at radius 2 is 2.17 bits per heavy atom. The van der Waals surface area contributed by atoms with Crippen molar-refractivity contribution < 1.29 is 5.11 Å². The molecule has 0 aliphatic heterocycles. The van der Waals surface area contributed by atoms with Gasteiger partial charge in [-0.25, -0.2) is 0 Å². The van der Waals surface area contributed by atoms with Crippen LogP contribution in [0.3, 0.4) is 0 Å². The summed E-state index contributed by atoms with van der Waals surface area (Å²) in [5.41, 5.74) is 0. The predicted octanol–water partition coefficient (Wildman–Crippen LogP) is 2.41. The number of hydrogen-bond acceptors (Lipinski definition) is 1. The Hall–Kier alpha value is 0.250. The molecular formula is C10H17ClO. The van der Waals surface area contributed by atoms with Crippen LogP contribution in [0.1, 0.15) is 32.6 Å². The molecule has 2 aliphatic rings. The predicted molar refractivity (Wildman–Crippen MR) is 50.3 cm³/mol. The van der Waals surface area contributed by atoms with Gasteiger partial charge in [0.2, 0.25) is 0 Å². The van der Waals surface area contributed by atoms with Crippen LogP contribution >= 0.6 is 11.6 Å². The molecule has 5 atom stereocenters. The van der Waals surface area contributed by atoms with Crippen LogP contribution in [0.4, 0.5) is 0 Å². The highest BCUT2D eigenvalue weighted by molar-refractivity contribution is 6.21. The highest BCUT2D eigenvalue weighted by Crippen LogP contribution is 2.52. The van der Waals surface area contributed by atoms with E-state index in [1.807, 2.05) is 0 Å².